The number of ether oxygens (including phenoxy) is 3. The predicted molar refractivity (Wildman–Crippen MR) is 157 cm³/mol. The minimum absolute atomic E-state index is 0.336. The van der Waals surface area contributed by atoms with Crippen molar-refractivity contribution in [2.45, 2.75) is 5.92 Å². The highest BCUT2D eigenvalue weighted by Gasteiger charge is 2.38. The fourth-order valence-corrected chi connectivity index (χ4v) is 5.75. The van der Waals surface area contributed by atoms with E-state index >= 15 is 0 Å². The van der Waals surface area contributed by atoms with Crippen LogP contribution in [0.3, 0.4) is 0 Å². The van der Waals surface area contributed by atoms with Crippen LogP contribution in [0.1, 0.15) is 22.6 Å². The van der Waals surface area contributed by atoms with Gasteiger partial charge in [0.15, 0.2) is 28.7 Å². The topological polar surface area (TPSA) is 101 Å². The second-order valence-electron chi connectivity index (χ2n) is 10.0. The van der Waals surface area contributed by atoms with Gasteiger partial charge < -0.3 is 18.6 Å². The van der Waals surface area contributed by atoms with Gasteiger partial charge in [-0.15, -0.1) is 5.10 Å². The zero-order valence-corrected chi connectivity index (χ0v) is 22.6. The third-order valence-electron chi connectivity index (χ3n) is 7.71. The molecule has 0 N–H and O–H groups in total. The Morgan fingerprint density at radius 3 is 2.50 bits per heavy atom. The van der Waals surface area contributed by atoms with Gasteiger partial charge in [0.1, 0.15) is 11.9 Å². The van der Waals surface area contributed by atoms with Crippen molar-refractivity contribution in [1.82, 2.24) is 19.6 Å². The van der Waals surface area contributed by atoms with E-state index in [9.17, 15) is 4.79 Å². The van der Waals surface area contributed by atoms with Crippen LogP contribution in [0, 0.1) is 0 Å². The highest BCUT2D eigenvalue weighted by Crippen LogP contribution is 2.49. The van der Waals surface area contributed by atoms with Gasteiger partial charge in [0.05, 0.1) is 36.7 Å². The zero-order chi connectivity index (χ0) is 28.4. The first kappa shape index (κ1) is 24.1. The van der Waals surface area contributed by atoms with Crippen LogP contribution in [0.4, 0.5) is 0 Å². The number of benzene rings is 4. The molecule has 0 saturated carbocycles. The number of hydrogen-bond acceptors (Lipinski definition) is 8. The summed E-state index contributed by atoms with van der Waals surface area (Å²) in [5.74, 6) is 1.71. The van der Waals surface area contributed by atoms with Gasteiger partial charge in [0.2, 0.25) is 5.88 Å². The number of fused-ring (bicyclic) bond motifs is 7. The van der Waals surface area contributed by atoms with Crippen molar-refractivity contribution in [2.75, 3.05) is 14.2 Å². The van der Waals surface area contributed by atoms with E-state index < -0.39 is 11.5 Å². The summed E-state index contributed by atoms with van der Waals surface area (Å²) in [5, 5.41) is 7.64. The molecule has 9 nitrogen and oxygen atoms in total. The zero-order valence-electron chi connectivity index (χ0n) is 22.6. The Morgan fingerprint density at radius 2 is 1.64 bits per heavy atom. The van der Waals surface area contributed by atoms with Gasteiger partial charge in [-0.1, -0.05) is 54.6 Å². The first-order chi connectivity index (χ1) is 20.6. The minimum atomic E-state index is -0.644. The standard InChI is InChI=1S/C33H22N4O5/c1-39-24-14-13-20(16-25(24)40-2)26-27-29(22-9-5-6-10-23(22)41-33(27)38)42-32-28(26)31-35-30(36-37(31)17-34-32)21-12-11-18-7-3-4-8-19(18)15-21/h3-17,26H,1-2H3. The molecule has 3 aromatic heterocycles. The monoisotopic (exact) mass is 554 g/mol. The van der Waals surface area contributed by atoms with Crippen LogP contribution in [0.5, 0.6) is 23.1 Å². The van der Waals surface area contributed by atoms with E-state index in [0.29, 0.717) is 56.7 Å². The molecule has 0 aliphatic carbocycles. The first-order valence-electron chi connectivity index (χ1n) is 13.3. The maximum atomic E-state index is 13.7. The van der Waals surface area contributed by atoms with Crippen molar-refractivity contribution in [2.24, 2.45) is 0 Å². The summed E-state index contributed by atoms with van der Waals surface area (Å²) < 4.78 is 24.9. The third-order valence-corrected chi connectivity index (χ3v) is 7.71. The number of hydrogen-bond donors (Lipinski definition) is 0. The van der Waals surface area contributed by atoms with E-state index in [4.69, 9.17) is 28.7 Å². The summed E-state index contributed by atoms with van der Waals surface area (Å²) in [6.45, 7) is 0. The van der Waals surface area contributed by atoms with Crippen LogP contribution in [0.2, 0.25) is 0 Å². The van der Waals surface area contributed by atoms with Crippen LogP contribution in [0.15, 0.2) is 100 Å². The Kier molecular flexibility index (Phi) is 5.27. The average Bonchev–Trinajstić information content (AvgIpc) is 3.48. The first-order valence-corrected chi connectivity index (χ1v) is 13.3. The molecule has 7 aromatic rings. The second kappa shape index (κ2) is 9.17. The van der Waals surface area contributed by atoms with Gasteiger partial charge >= 0.3 is 5.63 Å². The molecule has 4 aromatic carbocycles. The lowest BCUT2D eigenvalue weighted by molar-refractivity contribution is 0.354. The number of para-hydroxylation sites is 1. The molecule has 0 bridgehead atoms. The highest BCUT2D eigenvalue weighted by molar-refractivity contribution is 5.88. The largest absolute Gasteiger partial charge is 0.493 e. The predicted octanol–water partition coefficient (Wildman–Crippen LogP) is 6.35. The lowest BCUT2D eigenvalue weighted by atomic mass is 9.84. The van der Waals surface area contributed by atoms with Crippen molar-refractivity contribution in [3.05, 3.63) is 118 Å². The Bertz CT molecular complexity index is 2250. The Balaban J connectivity index is 1.40. The quantitative estimate of drug-likeness (QED) is 0.232. The molecule has 0 amide bonds. The summed E-state index contributed by atoms with van der Waals surface area (Å²) in [6, 6.07) is 27.1. The molecule has 0 fully saturated rings. The second-order valence-corrected chi connectivity index (χ2v) is 10.0. The van der Waals surface area contributed by atoms with Crippen LogP contribution < -0.4 is 19.8 Å². The summed E-state index contributed by atoms with van der Waals surface area (Å²) in [7, 11) is 3.15. The number of nitrogens with zero attached hydrogens (tertiary/aromatic N) is 4. The number of rotatable bonds is 4. The molecule has 1 aliphatic heterocycles. The normalized spacial score (nSPS) is 14.0. The molecular weight excluding hydrogens is 532 g/mol. The van der Waals surface area contributed by atoms with E-state index in [2.05, 4.69) is 23.2 Å². The summed E-state index contributed by atoms with van der Waals surface area (Å²) in [6.07, 6.45) is 1.58. The lowest BCUT2D eigenvalue weighted by Crippen LogP contribution is -2.22. The molecule has 204 valence electrons. The van der Waals surface area contributed by atoms with Gasteiger partial charge in [-0.2, -0.15) is 0 Å². The molecule has 0 radical (unpaired) electrons. The fourth-order valence-electron chi connectivity index (χ4n) is 5.75. The molecule has 42 heavy (non-hydrogen) atoms. The Labute approximate surface area is 238 Å². The van der Waals surface area contributed by atoms with Gasteiger partial charge in [-0.3, -0.25) is 0 Å². The molecule has 4 heterocycles. The van der Waals surface area contributed by atoms with Gasteiger partial charge in [0, 0.05) is 5.56 Å². The molecular formula is C33H22N4O5. The number of aromatic nitrogens is 4. The molecule has 0 saturated heterocycles. The maximum absolute atomic E-state index is 13.7. The van der Waals surface area contributed by atoms with Crippen molar-refractivity contribution in [3.63, 3.8) is 0 Å². The third kappa shape index (κ3) is 3.56. The van der Waals surface area contributed by atoms with Gasteiger partial charge in [-0.25, -0.2) is 19.3 Å². The molecule has 8 rings (SSSR count). The van der Waals surface area contributed by atoms with Crippen LogP contribution in [-0.4, -0.2) is 33.8 Å². The average molecular weight is 555 g/mol. The summed E-state index contributed by atoms with van der Waals surface area (Å²) in [5.41, 5.74) is 2.99. The van der Waals surface area contributed by atoms with E-state index in [1.54, 1.807) is 31.1 Å². The molecule has 1 atom stereocenters. The molecule has 9 heteroatoms. The Morgan fingerprint density at radius 1 is 0.833 bits per heavy atom. The van der Waals surface area contributed by atoms with E-state index in [1.165, 1.54) is 0 Å². The van der Waals surface area contributed by atoms with E-state index in [0.717, 1.165) is 21.9 Å². The minimum Gasteiger partial charge on any atom is -0.493 e. The van der Waals surface area contributed by atoms with E-state index in [1.807, 2.05) is 60.7 Å². The highest BCUT2D eigenvalue weighted by atomic mass is 16.5. The smallest absolute Gasteiger partial charge is 0.344 e. The fraction of sp³-hybridized carbons (Fsp3) is 0.0909. The van der Waals surface area contributed by atoms with Crippen molar-refractivity contribution in [1.29, 1.82) is 0 Å². The van der Waals surface area contributed by atoms with Crippen LogP contribution in [-0.2, 0) is 0 Å². The molecule has 1 unspecified atom stereocenters. The molecule has 1 aliphatic rings. The van der Waals surface area contributed by atoms with Crippen LogP contribution in [0.25, 0.3) is 38.8 Å². The SMILES string of the molecule is COc1ccc(C2c3c(c4ccccc4oc3=O)Oc3ncn4nc(-c5ccc6ccccc6c5)nc4c32)cc1OC. The van der Waals surface area contributed by atoms with Crippen molar-refractivity contribution in [3.8, 4) is 34.5 Å². The van der Waals surface area contributed by atoms with Gasteiger partial charge in [-0.05, 0) is 46.7 Å². The molecule has 0 spiro atoms. The van der Waals surface area contributed by atoms with Crippen molar-refractivity contribution < 1.29 is 18.6 Å². The Hall–Kier alpha value is -5.70. The maximum Gasteiger partial charge on any atom is 0.344 e. The van der Waals surface area contributed by atoms with Crippen molar-refractivity contribution >= 4 is 27.4 Å². The van der Waals surface area contributed by atoms with Gasteiger partial charge in [0.25, 0.3) is 0 Å². The summed E-state index contributed by atoms with van der Waals surface area (Å²) >= 11 is 0. The lowest BCUT2D eigenvalue weighted by Gasteiger charge is -2.27. The number of methoxy groups -OCH3 is 2. The van der Waals surface area contributed by atoms with E-state index in [-0.39, 0.29) is 0 Å². The summed E-state index contributed by atoms with van der Waals surface area (Å²) in [4.78, 5) is 23.3. The van der Waals surface area contributed by atoms with Crippen LogP contribution >= 0.6 is 0 Å².